The highest BCUT2D eigenvalue weighted by Gasteiger charge is 2.36. The molecule has 0 aromatic rings. The summed E-state index contributed by atoms with van der Waals surface area (Å²) in [7, 11) is 0. The third kappa shape index (κ3) is 1.68. The first-order valence-electron chi connectivity index (χ1n) is 3.41. The molecule has 1 rings (SSSR count). The molecule has 5 nitrogen and oxygen atoms in total. The first kappa shape index (κ1) is 8.45. The monoisotopic (exact) mass is 161 g/mol. The molecule has 1 aliphatic rings. The number of hydrogen-bond acceptors (Lipinski definition) is 4. The van der Waals surface area contributed by atoms with Crippen molar-refractivity contribution >= 4 is 5.97 Å². The molecular formula is C6H11NO4. The van der Waals surface area contributed by atoms with E-state index in [1.54, 1.807) is 0 Å². The van der Waals surface area contributed by atoms with E-state index >= 15 is 0 Å². The number of carboxylic acid groups (broad SMARTS) is 1. The molecule has 1 fully saturated rings. The Hall–Kier alpha value is -0.650. The fourth-order valence-electron chi connectivity index (χ4n) is 1.10. The van der Waals surface area contributed by atoms with Crippen LogP contribution in [0, 0.1) is 0 Å². The second-order valence-corrected chi connectivity index (χ2v) is 2.54. The summed E-state index contributed by atoms with van der Waals surface area (Å²) < 4.78 is 4.91. The minimum Gasteiger partial charge on any atom is -0.479 e. The van der Waals surface area contributed by atoms with Crippen molar-refractivity contribution in [1.82, 2.24) is 0 Å². The molecule has 0 saturated carbocycles. The fraction of sp³-hybridized carbons (Fsp3) is 0.833. The summed E-state index contributed by atoms with van der Waals surface area (Å²) in [5, 5.41) is 17.6. The lowest BCUT2D eigenvalue weighted by Crippen LogP contribution is -2.30. The number of aliphatic hydroxyl groups is 1. The van der Waals surface area contributed by atoms with Crippen molar-refractivity contribution in [2.24, 2.45) is 5.73 Å². The molecular weight excluding hydrogens is 150 g/mol. The maximum Gasteiger partial charge on any atom is 0.332 e. The van der Waals surface area contributed by atoms with Gasteiger partial charge in [-0.1, -0.05) is 0 Å². The summed E-state index contributed by atoms with van der Waals surface area (Å²) in [5.74, 6) is -1.04. The average molecular weight is 161 g/mol. The Labute approximate surface area is 63.8 Å². The lowest BCUT2D eigenvalue weighted by molar-refractivity contribution is -0.149. The van der Waals surface area contributed by atoms with E-state index in [9.17, 15) is 4.79 Å². The highest BCUT2D eigenvalue weighted by atomic mass is 16.5. The minimum absolute atomic E-state index is 0.136. The predicted molar refractivity (Wildman–Crippen MR) is 36.0 cm³/mol. The molecule has 0 radical (unpaired) electrons. The standard InChI is InChI=1S/C6H11NO4/c7-2-5-3(8)1-4(11-5)6(9)10/h3-5,8H,1-2,7H2,(H,9,10)/t3-,4-,5+/m0/s1. The van der Waals surface area contributed by atoms with Crippen molar-refractivity contribution in [3.05, 3.63) is 0 Å². The highest BCUT2D eigenvalue weighted by Crippen LogP contribution is 2.19. The zero-order valence-electron chi connectivity index (χ0n) is 5.93. The van der Waals surface area contributed by atoms with E-state index in [-0.39, 0.29) is 13.0 Å². The molecule has 0 spiro atoms. The Morgan fingerprint density at radius 2 is 2.36 bits per heavy atom. The molecule has 0 aliphatic carbocycles. The topological polar surface area (TPSA) is 92.8 Å². The Morgan fingerprint density at radius 1 is 1.73 bits per heavy atom. The van der Waals surface area contributed by atoms with Gasteiger partial charge in [-0.15, -0.1) is 0 Å². The first-order chi connectivity index (χ1) is 5.15. The van der Waals surface area contributed by atoms with E-state index in [1.807, 2.05) is 0 Å². The Bertz CT molecular complexity index is 161. The summed E-state index contributed by atoms with van der Waals surface area (Å²) in [6.45, 7) is 0.158. The molecule has 4 N–H and O–H groups in total. The van der Waals surface area contributed by atoms with Crippen LogP contribution in [-0.4, -0.2) is 41.0 Å². The molecule has 11 heavy (non-hydrogen) atoms. The van der Waals surface area contributed by atoms with Gasteiger partial charge in [0.15, 0.2) is 6.10 Å². The third-order valence-electron chi connectivity index (χ3n) is 1.73. The van der Waals surface area contributed by atoms with Crippen LogP contribution in [0.25, 0.3) is 0 Å². The lowest BCUT2D eigenvalue weighted by Gasteiger charge is -2.09. The van der Waals surface area contributed by atoms with Crippen LogP contribution < -0.4 is 5.73 Å². The normalized spacial score (nSPS) is 37.5. The van der Waals surface area contributed by atoms with Crippen LogP contribution in [0.1, 0.15) is 6.42 Å². The van der Waals surface area contributed by atoms with Gasteiger partial charge >= 0.3 is 5.97 Å². The quantitative estimate of drug-likeness (QED) is 0.460. The summed E-state index contributed by atoms with van der Waals surface area (Å²) in [5.41, 5.74) is 5.21. The highest BCUT2D eigenvalue weighted by molar-refractivity contribution is 5.72. The van der Waals surface area contributed by atoms with E-state index in [4.69, 9.17) is 20.7 Å². The molecule has 64 valence electrons. The summed E-state index contributed by atoms with van der Waals surface area (Å²) in [6.07, 6.45) is -2.01. The van der Waals surface area contributed by atoms with E-state index < -0.39 is 24.3 Å². The van der Waals surface area contributed by atoms with Crippen molar-refractivity contribution in [1.29, 1.82) is 0 Å². The average Bonchev–Trinajstić information content (AvgIpc) is 2.31. The van der Waals surface area contributed by atoms with E-state index in [0.29, 0.717) is 0 Å². The molecule has 0 aromatic heterocycles. The molecule has 0 amide bonds. The molecule has 0 bridgehead atoms. The summed E-state index contributed by atoms with van der Waals surface area (Å²) >= 11 is 0. The Balaban J connectivity index is 2.49. The SMILES string of the molecule is NC[C@H]1O[C@H](C(=O)O)C[C@@H]1O. The van der Waals surface area contributed by atoms with E-state index in [2.05, 4.69) is 0 Å². The van der Waals surface area contributed by atoms with Crippen LogP contribution >= 0.6 is 0 Å². The van der Waals surface area contributed by atoms with Crippen LogP contribution in [0.2, 0.25) is 0 Å². The lowest BCUT2D eigenvalue weighted by atomic mass is 10.1. The zero-order chi connectivity index (χ0) is 8.43. The van der Waals surface area contributed by atoms with Crippen LogP contribution in [-0.2, 0) is 9.53 Å². The Kier molecular flexibility index (Phi) is 2.43. The minimum atomic E-state index is -1.04. The smallest absolute Gasteiger partial charge is 0.332 e. The van der Waals surface area contributed by atoms with Crippen molar-refractivity contribution in [3.8, 4) is 0 Å². The van der Waals surface area contributed by atoms with Gasteiger partial charge in [-0.05, 0) is 0 Å². The largest absolute Gasteiger partial charge is 0.479 e. The van der Waals surface area contributed by atoms with E-state index in [0.717, 1.165) is 0 Å². The molecule has 1 heterocycles. The van der Waals surface area contributed by atoms with Crippen molar-refractivity contribution in [2.75, 3.05) is 6.54 Å². The zero-order valence-corrected chi connectivity index (χ0v) is 5.93. The van der Waals surface area contributed by atoms with E-state index in [1.165, 1.54) is 0 Å². The molecule has 0 aromatic carbocycles. The van der Waals surface area contributed by atoms with Crippen molar-refractivity contribution in [2.45, 2.75) is 24.7 Å². The second kappa shape index (κ2) is 3.17. The molecule has 0 unspecified atom stereocenters. The van der Waals surface area contributed by atoms with Gasteiger partial charge in [-0.25, -0.2) is 4.79 Å². The molecule has 5 heteroatoms. The predicted octanol–water partition coefficient (Wildman–Crippen LogP) is -1.45. The van der Waals surface area contributed by atoms with Gasteiger partial charge in [-0.2, -0.15) is 0 Å². The number of nitrogens with two attached hydrogens (primary N) is 1. The van der Waals surface area contributed by atoms with Gasteiger partial charge in [0.25, 0.3) is 0 Å². The molecule has 3 atom stereocenters. The maximum absolute atomic E-state index is 10.3. The van der Waals surface area contributed by atoms with Gasteiger partial charge in [0.05, 0.1) is 12.2 Å². The molecule has 1 aliphatic heterocycles. The number of ether oxygens (including phenoxy) is 1. The number of hydrogen-bond donors (Lipinski definition) is 3. The molecule has 1 saturated heterocycles. The fourth-order valence-corrected chi connectivity index (χ4v) is 1.10. The number of rotatable bonds is 2. The number of carboxylic acids is 1. The number of carbonyl (C=O) groups is 1. The number of aliphatic hydroxyl groups excluding tert-OH is 1. The van der Waals surface area contributed by atoms with Gasteiger partial charge < -0.3 is 20.7 Å². The van der Waals surface area contributed by atoms with Crippen molar-refractivity contribution in [3.63, 3.8) is 0 Å². The second-order valence-electron chi connectivity index (χ2n) is 2.54. The summed E-state index contributed by atoms with van der Waals surface area (Å²) in [6, 6.07) is 0. The third-order valence-corrected chi connectivity index (χ3v) is 1.73. The number of aliphatic carboxylic acids is 1. The van der Waals surface area contributed by atoms with Gasteiger partial charge in [0, 0.05) is 13.0 Å². The first-order valence-corrected chi connectivity index (χ1v) is 3.41. The van der Waals surface area contributed by atoms with Crippen LogP contribution in [0.3, 0.4) is 0 Å². The summed E-state index contributed by atoms with van der Waals surface area (Å²) in [4.78, 5) is 10.3. The van der Waals surface area contributed by atoms with Crippen LogP contribution in [0.4, 0.5) is 0 Å². The van der Waals surface area contributed by atoms with Crippen LogP contribution in [0.5, 0.6) is 0 Å². The maximum atomic E-state index is 10.3. The van der Waals surface area contributed by atoms with Gasteiger partial charge in [0.2, 0.25) is 0 Å². The Morgan fingerprint density at radius 3 is 2.64 bits per heavy atom. The van der Waals surface area contributed by atoms with Crippen LogP contribution in [0.15, 0.2) is 0 Å². The van der Waals surface area contributed by atoms with Gasteiger partial charge in [0.1, 0.15) is 0 Å². The van der Waals surface area contributed by atoms with Gasteiger partial charge in [-0.3, -0.25) is 0 Å². The van der Waals surface area contributed by atoms with Crippen molar-refractivity contribution < 1.29 is 19.7 Å².